The number of likely N-dealkylation sites (tertiary alicyclic amines) is 1. The van der Waals surface area contributed by atoms with Crippen LogP contribution in [0, 0.1) is 0 Å². The second-order valence-electron chi connectivity index (χ2n) is 10.2. The van der Waals surface area contributed by atoms with E-state index in [-0.39, 0.29) is 18.7 Å². The highest BCUT2D eigenvalue weighted by molar-refractivity contribution is 6.13. The van der Waals surface area contributed by atoms with Crippen molar-refractivity contribution in [3.63, 3.8) is 0 Å². The molecule has 3 aromatic carbocycles. The molecule has 0 radical (unpaired) electrons. The molecular formula is C31H29N7O3. The monoisotopic (exact) mass is 547 g/mol. The van der Waals surface area contributed by atoms with E-state index in [2.05, 4.69) is 32.5 Å². The summed E-state index contributed by atoms with van der Waals surface area (Å²) in [6.07, 6.45) is 7.67. The number of benzene rings is 3. The molecule has 1 amide bonds. The number of fused-ring (bicyclic) bond motifs is 3. The lowest BCUT2D eigenvalue weighted by Gasteiger charge is -2.32. The first-order chi connectivity index (χ1) is 20.1. The van der Waals surface area contributed by atoms with Crippen molar-refractivity contribution < 1.29 is 14.3 Å². The largest absolute Gasteiger partial charge is 0.453 e. The van der Waals surface area contributed by atoms with Gasteiger partial charge in [-0.05, 0) is 54.9 Å². The highest BCUT2D eigenvalue weighted by Crippen LogP contribution is 2.48. The first kappa shape index (κ1) is 24.9. The Morgan fingerprint density at radius 1 is 1.07 bits per heavy atom. The Labute approximate surface area is 236 Å². The molecule has 41 heavy (non-hydrogen) atoms. The van der Waals surface area contributed by atoms with Crippen LogP contribution in [0.5, 0.6) is 11.5 Å². The third kappa shape index (κ3) is 4.28. The first-order valence-electron chi connectivity index (χ1n) is 13.7. The van der Waals surface area contributed by atoms with Crippen molar-refractivity contribution in [2.75, 3.05) is 30.9 Å². The van der Waals surface area contributed by atoms with Crippen molar-refractivity contribution in [2.24, 2.45) is 0 Å². The van der Waals surface area contributed by atoms with Gasteiger partial charge in [0.2, 0.25) is 6.79 Å². The number of nitrogens with two attached hydrogens (primary N) is 1. The SMILES string of the molecule is CC=CN1CCC[C@@H](n2nc(-c3ccc(NC(=O)c4cccc5ccccc45)c4c3OCO4)c3c(N)ncnc32)C1. The number of piperidine rings is 1. The summed E-state index contributed by atoms with van der Waals surface area (Å²) >= 11 is 0. The molecule has 1 fully saturated rings. The first-order valence-corrected chi connectivity index (χ1v) is 13.7. The number of nitrogens with zero attached hydrogens (tertiary/aromatic N) is 5. The number of nitrogens with one attached hydrogen (secondary N) is 1. The van der Waals surface area contributed by atoms with E-state index in [4.69, 9.17) is 20.3 Å². The highest BCUT2D eigenvalue weighted by atomic mass is 16.7. The van der Waals surface area contributed by atoms with Gasteiger partial charge >= 0.3 is 0 Å². The van der Waals surface area contributed by atoms with Crippen LogP contribution >= 0.6 is 0 Å². The molecule has 2 aromatic heterocycles. The van der Waals surface area contributed by atoms with E-state index in [0.717, 1.165) is 36.7 Å². The summed E-state index contributed by atoms with van der Waals surface area (Å²) in [6.45, 7) is 3.88. The zero-order chi connectivity index (χ0) is 27.9. The molecule has 0 spiro atoms. The van der Waals surface area contributed by atoms with Gasteiger partial charge in [-0.2, -0.15) is 5.10 Å². The number of nitrogen functional groups attached to an aromatic ring is 1. The molecule has 2 aliphatic heterocycles. The minimum atomic E-state index is -0.234. The summed E-state index contributed by atoms with van der Waals surface area (Å²) in [5, 5.41) is 10.6. The molecule has 0 bridgehead atoms. The third-order valence-corrected chi connectivity index (χ3v) is 7.71. The molecule has 1 saturated heterocycles. The number of carbonyl (C=O) groups is 1. The van der Waals surface area contributed by atoms with E-state index >= 15 is 0 Å². The van der Waals surface area contributed by atoms with Gasteiger partial charge in [-0.3, -0.25) is 4.79 Å². The molecule has 0 saturated carbocycles. The molecular weight excluding hydrogens is 518 g/mol. The molecule has 2 aliphatic rings. The Bertz CT molecular complexity index is 1820. The molecule has 0 unspecified atom stereocenters. The molecule has 0 aliphatic carbocycles. The lowest BCUT2D eigenvalue weighted by molar-refractivity contribution is 0.102. The van der Waals surface area contributed by atoms with Gasteiger partial charge in [0.15, 0.2) is 17.1 Å². The predicted molar refractivity (Wildman–Crippen MR) is 158 cm³/mol. The van der Waals surface area contributed by atoms with Crippen LogP contribution in [0.1, 0.15) is 36.2 Å². The van der Waals surface area contributed by atoms with Crippen LogP contribution in [0.2, 0.25) is 0 Å². The van der Waals surface area contributed by atoms with Crippen molar-refractivity contribution in [1.82, 2.24) is 24.6 Å². The summed E-state index contributed by atoms with van der Waals surface area (Å²) in [6, 6.07) is 17.3. The van der Waals surface area contributed by atoms with E-state index < -0.39 is 0 Å². The molecule has 10 nitrogen and oxygen atoms in total. The van der Waals surface area contributed by atoms with Crippen LogP contribution in [-0.2, 0) is 0 Å². The fourth-order valence-electron chi connectivity index (χ4n) is 5.86. The molecule has 10 heteroatoms. The lowest BCUT2D eigenvalue weighted by Crippen LogP contribution is -2.33. The Morgan fingerprint density at radius 2 is 1.93 bits per heavy atom. The van der Waals surface area contributed by atoms with Crippen LogP contribution < -0.4 is 20.5 Å². The highest BCUT2D eigenvalue weighted by Gasteiger charge is 2.30. The van der Waals surface area contributed by atoms with Crippen LogP contribution in [0.4, 0.5) is 11.5 Å². The standard InChI is InChI=1S/C31H29N7O3/c1-2-14-37-15-6-9-20(16-37)38-30-25(29(32)33-17-34-30)26(36-38)23-12-13-24(28-27(23)40-18-41-28)35-31(39)22-11-5-8-19-7-3-4-10-21(19)22/h2-5,7-8,10-14,17,20H,6,9,15-16,18H2,1H3,(H,35,39)(H2,32,33,34)/t20-/m1/s1. The zero-order valence-electron chi connectivity index (χ0n) is 22.6. The Balaban J connectivity index is 1.28. The van der Waals surface area contributed by atoms with Gasteiger partial charge in [0, 0.05) is 24.2 Å². The van der Waals surface area contributed by atoms with Gasteiger partial charge in [-0.25, -0.2) is 14.6 Å². The summed E-state index contributed by atoms with van der Waals surface area (Å²) in [7, 11) is 0. The van der Waals surface area contributed by atoms with Crippen molar-refractivity contribution in [1.29, 1.82) is 0 Å². The van der Waals surface area contributed by atoms with E-state index in [1.165, 1.54) is 6.33 Å². The number of carbonyl (C=O) groups excluding carboxylic acids is 1. The van der Waals surface area contributed by atoms with Gasteiger partial charge in [-0.15, -0.1) is 0 Å². The van der Waals surface area contributed by atoms with Gasteiger partial charge in [0.05, 0.1) is 17.1 Å². The number of amides is 1. The maximum absolute atomic E-state index is 13.4. The normalized spacial score (nSPS) is 16.6. The molecule has 1 atom stereocenters. The third-order valence-electron chi connectivity index (χ3n) is 7.71. The van der Waals surface area contributed by atoms with E-state index in [1.807, 2.05) is 66.2 Å². The number of allylic oxidation sites excluding steroid dienone is 1. The second-order valence-corrected chi connectivity index (χ2v) is 10.2. The fraction of sp³-hybridized carbons (Fsp3) is 0.226. The van der Waals surface area contributed by atoms with Crippen LogP contribution in [0.3, 0.4) is 0 Å². The maximum atomic E-state index is 13.4. The van der Waals surface area contributed by atoms with E-state index in [9.17, 15) is 4.79 Å². The molecule has 5 aromatic rings. The Hall–Kier alpha value is -5.12. The van der Waals surface area contributed by atoms with Crippen LogP contribution in [0.15, 0.2) is 73.2 Å². The topological polar surface area (TPSA) is 120 Å². The van der Waals surface area contributed by atoms with Gasteiger partial charge in [-0.1, -0.05) is 42.5 Å². The number of anilines is 2. The fourth-order valence-corrected chi connectivity index (χ4v) is 5.86. The molecule has 3 N–H and O–H groups in total. The van der Waals surface area contributed by atoms with E-state index in [1.54, 1.807) is 0 Å². The number of ether oxygens (including phenoxy) is 2. The Morgan fingerprint density at radius 3 is 2.83 bits per heavy atom. The molecule has 7 rings (SSSR count). The summed E-state index contributed by atoms with van der Waals surface area (Å²) < 4.78 is 13.8. The van der Waals surface area contributed by atoms with E-state index in [0.29, 0.717) is 50.9 Å². The molecule has 206 valence electrons. The van der Waals surface area contributed by atoms with Gasteiger partial charge in [0.25, 0.3) is 5.91 Å². The Kier molecular flexibility index (Phi) is 6.15. The summed E-state index contributed by atoms with van der Waals surface area (Å²) in [5.74, 6) is 1.06. The summed E-state index contributed by atoms with van der Waals surface area (Å²) in [5.41, 5.74) is 9.50. The smallest absolute Gasteiger partial charge is 0.256 e. The zero-order valence-corrected chi connectivity index (χ0v) is 22.6. The number of hydrogen-bond acceptors (Lipinski definition) is 8. The van der Waals surface area contributed by atoms with Crippen molar-refractivity contribution >= 4 is 39.2 Å². The van der Waals surface area contributed by atoms with Gasteiger partial charge < -0.3 is 25.4 Å². The number of hydrogen-bond donors (Lipinski definition) is 2. The average Bonchev–Trinajstić information content (AvgIpc) is 3.64. The maximum Gasteiger partial charge on any atom is 0.256 e. The van der Waals surface area contributed by atoms with Crippen molar-refractivity contribution in [3.8, 4) is 22.8 Å². The average molecular weight is 548 g/mol. The lowest BCUT2D eigenvalue weighted by atomic mass is 10.0. The van der Waals surface area contributed by atoms with Crippen LogP contribution in [-0.4, -0.2) is 50.4 Å². The second kappa shape index (κ2) is 10.1. The van der Waals surface area contributed by atoms with Crippen molar-refractivity contribution in [2.45, 2.75) is 25.8 Å². The molecule has 4 heterocycles. The summed E-state index contributed by atoms with van der Waals surface area (Å²) in [4.78, 5) is 24.5. The van der Waals surface area contributed by atoms with Crippen molar-refractivity contribution in [3.05, 3.63) is 78.8 Å². The minimum absolute atomic E-state index is 0.0229. The quantitative estimate of drug-likeness (QED) is 0.301. The van der Waals surface area contributed by atoms with Crippen LogP contribution in [0.25, 0.3) is 33.1 Å². The number of rotatable bonds is 5. The number of aromatic nitrogens is 4. The predicted octanol–water partition coefficient (Wildman–Crippen LogP) is 5.38. The minimum Gasteiger partial charge on any atom is -0.453 e. The van der Waals surface area contributed by atoms with Gasteiger partial charge in [0.1, 0.15) is 17.8 Å².